The van der Waals surface area contributed by atoms with Gasteiger partial charge in [-0.15, -0.1) is 0 Å². The van der Waals surface area contributed by atoms with Gasteiger partial charge in [0.05, 0.1) is 24.2 Å². The molecule has 4 N–H and O–H groups in total. The van der Waals surface area contributed by atoms with Crippen LogP contribution in [0.2, 0.25) is 5.02 Å². The van der Waals surface area contributed by atoms with E-state index < -0.39 is 17.9 Å². The molecule has 0 saturated heterocycles. The molecule has 46 heavy (non-hydrogen) atoms. The number of aromatic nitrogens is 2. The normalized spacial score (nSPS) is 14.6. The lowest BCUT2D eigenvalue weighted by molar-refractivity contribution is -0.119. The van der Waals surface area contributed by atoms with E-state index in [0.717, 1.165) is 33.5 Å². The number of carbonyl (C=O) groups is 2. The molecule has 2 heterocycles. The molecule has 0 fully saturated rings. The minimum absolute atomic E-state index is 0.0635. The highest BCUT2D eigenvalue weighted by molar-refractivity contribution is 6.30. The number of para-hydroxylation sites is 1. The Labute approximate surface area is 271 Å². The summed E-state index contributed by atoms with van der Waals surface area (Å²) >= 11 is 5.98. The Morgan fingerprint density at radius 2 is 1.76 bits per heavy atom. The summed E-state index contributed by atoms with van der Waals surface area (Å²) < 4.78 is 21.7. The first-order valence-electron chi connectivity index (χ1n) is 15.0. The number of nitrogens with zero attached hydrogens (tertiary/aromatic N) is 2. The van der Waals surface area contributed by atoms with Crippen molar-refractivity contribution in [2.24, 2.45) is 5.73 Å². The first-order chi connectivity index (χ1) is 22.3. The standard InChI is InChI=1S/C36H33ClFN5O3/c37-27-13-9-23(10-14-27)17-33(35(39)44)42-36(45)31-6-2-5-30-32(15-16-46-34(30)31)41-20-29-19-40-22-43(29)21-24-7-11-25(12-8-24)26-3-1-4-28(38)18-26/h1-14,18-19,22,32-33,41H,15-17,20-21H2,(H2,39,44)(H,42,45)/t32?,33-/m0/s1. The average Bonchev–Trinajstić information content (AvgIpc) is 3.51. The molecule has 0 spiro atoms. The van der Waals surface area contributed by atoms with Crippen LogP contribution < -0.4 is 21.1 Å². The van der Waals surface area contributed by atoms with Gasteiger partial charge in [0.15, 0.2) is 0 Å². The van der Waals surface area contributed by atoms with Crippen molar-refractivity contribution in [3.63, 3.8) is 0 Å². The molecule has 234 valence electrons. The highest BCUT2D eigenvalue weighted by Gasteiger charge is 2.28. The van der Waals surface area contributed by atoms with Gasteiger partial charge in [-0.25, -0.2) is 9.37 Å². The number of primary amides is 1. The quantitative estimate of drug-likeness (QED) is 0.169. The third-order valence-corrected chi connectivity index (χ3v) is 8.37. The van der Waals surface area contributed by atoms with Gasteiger partial charge < -0.3 is 25.7 Å². The fourth-order valence-corrected chi connectivity index (χ4v) is 5.79. The number of nitrogens with one attached hydrogen (secondary N) is 2. The van der Waals surface area contributed by atoms with E-state index in [0.29, 0.717) is 42.5 Å². The number of carbonyl (C=O) groups excluding carboxylic acids is 2. The van der Waals surface area contributed by atoms with Crippen LogP contribution in [0.15, 0.2) is 104 Å². The topological polar surface area (TPSA) is 111 Å². The van der Waals surface area contributed by atoms with Crippen LogP contribution in [0.1, 0.15) is 45.2 Å². The summed E-state index contributed by atoms with van der Waals surface area (Å²) in [4.78, 5) is 30.0. The Balaban J connectivity index is 1.11. The van der Waals surface area contributed by atoms with E-state index in [2.05, 4.69) is 20.2 Å². The van der Waals surface area contributed by atoms with Crippen molar-refractivity contribution >= 4 is 23.4 Å². The summed E-state index contributed by atoms with van der Waals surface area (Å²) in [7, 11) is 0. The largest absolute Gasteiger partial charge is 0.492 e. The number of halogens is 2. The summed E-state index contributed by atoms with van der Waals surface area (Å²) in [6.07, 6.45) is 4.59. The van der Waals surface area contributed by atoms with Gasteiger partial charge in [0.2, 0.25) is 5.91 Å². The molecule has 0 bridgehead atoms. The van der Waals surface area contributed by atoms with Crippen LogP contribution in [0.25, 0.3) is 11.1 Å². The molecule has 5 aromatic rings. The molecule has 1 aliphatic rings. The third kappa shape index (κ3) is 7.28. The van der Waals surface area contributed by atoms with E-state index in [1.54, 1.807) is 42.7 Å². The Kier molecular flexibility index (Phi) is 9.42. The Morgan fingerprint density at radius 3 is 2.52 bits per heavy atom. The highest BCUT2D eigenvalue weighted by Crippen LogP contribution is 2.35. The van der Waals surface area contributed by atoms with E-state index in [-0.39, 0.29) is 18.3 Å². The van der Waals surface area contributed by atoms with E-state index in [9.17, 15) is 14.0 Å². The number of benzene rings is 4. The monoisotopic (exact) mass is 637 g/mol. The van der Waals surface area contributed by atoms with Crippen LogP contribution in [0.4, 0.5) is 4.39 Å². The maximum absolute atomic E-state index is 13.7. The second-order valence-corrected chi connectivity index (χ2v) is 11.7. The minimum Gasteiger partial charge on any atom is -0.492 e. The lowest BCUT2D eigenvalue weighted by Crippen LogP contribution is -2.46. The molecule has 1 unspecified atom stereocenters. The van der Waals surface area contributed by atoms with E-state index in [1.165, 1.54) is 12.1 Å². The minimum atomic E-state index is -0.903. The van der Waals surface area contributed by atoms with Gasteiger partial charge in [-0.1, -0.05) is 72.3 Å². The van der Waals surface area contributed by atoms with Crippen molar-refractivity contribution in [3.05, 3.63) is 142 Å². The molecule has 2 amide bonds. The van der Waals surface area contributed by atoms with Crippen LogP contribution in [0.5, 0.6) is 5.75 Å². The zero-order valence-electron chi connectivity index (χ0n) is 25.0. The summed E-state index contributed by atoms with van der Waals surface area (Å²) in [5.41, 5.74) is 11.6. The van der Waals surface area contributed by atoms with Gasteiger partial charge >= 0.3 is 0 Å². The fourth-order valence-electron chi connectivity index (χ4n) is 5.66. The summed E-state index contributed by atoms with van der Waals surface area (Å²) in [5, 5.41) is 6.98. The average molecular weight is 638 g/mol. The van der Waals surface area contributed by atoms with Gasteiger partial charge in [-0.2, -0.15) is 0 Å². The number of nitrogens with two attached hydrogens (primary N) is 1. The van der Waals surface area contributed by atoms with Crippen LogP contribution in [-0.4, -0.2) is 34.0 Å². The van der Waals surface area contributed by atoms with Crippen molar-refractivity contribution in [3.8, 4) is 16.9 Å². The summed E-state index contributed by atoms with van der Waals surface area (Å²) in [5.74, 6) is -0.833. The summed E-state index contributed by atoms with van der Waals surface area (Å²) in [6, 6.07) is 26.2. The molecular weight excluding hydrogens is 605 g/mol. The van der Waals surface area contributed by atoms with E-state index in [4.69, 9.17) is 22.1 Å². The van der Waals surface area contributed by atoms with Crippen LogP contribution in [0.3, 0.4) is 0 Å². The first kappa shape index (κ1) is 31.0. The fraction of sp³-hybridized carbons (Fsp3) is 0.194. The molecule has 0 saturated carbocycles. The van der Waals surface area contributed by atoms with Crippen LogP contribution in [0, 0.1) is 5.82 Å². The van der Waals surface area contributed by atoms with Gasteiger partial charge in [-0.3, -0.25) is 9.59 Å². The first-order valence-corrected chi connectivity index (χ1v) is 15.4. The summed E-state index contributed by atoms with van der Waals surface area (Å²) in [6.45, 7) is 1.61. The number of hydrogen-bond donors (Lipinski definition) is 3. The lowest BCUT2D eigenvalue weighted by Gasteiger charge is -2.28. The van der Waals surface area contributed by atoms with Crippen molar-refractivity contribution in [2.45, 2.75) is 38.0 Å². The second kappa shape index (κ2) is 14.0. The van der Waals surface area contributed by atoms with Crippen molar-refractivity contribution in [1.82, 2.24) is 20.2 Å². The van der Waals surface area contributed by atoms with Crippen molar-refractivity contribution in [1.29, 1.82) is 0 Å². The number of ether oxygens (including phenoxy) is 1. The molecule has 10 heteroatoms. The molecule has 1 aliphatic heterocycles. The van der Waals surface area contributed by atoms with E-state index in [1.807, 2.05) is 48.7 Å². The molecule has 4 aromatic carbocycles. The Bertz CT molecular complexity index is 1840. The molecule has 6 rings (SSSR count). The van der Waals surface area contributed by atoms with Gasteiger partial charge in [0.1, 0.15) is 17.6 Å². The number of rotatable bonds is 11. The number of hydrogen-bond acceptors (Lipinski definition) is 5. The van der Waals surface area contributed by atoms with Crippen LogP contribution in [-0.2, 0) is 24.3 Å². The zero-order valence-corrected chi connectivity index (χ0v) is 25.7. The van der Waals surface area contributed by atoms with E-state index >= 15 is 0 Å². The zero-order chi connectivity index (χ0) is 32.0. The molecule has 8 nitrogen and oxygen atoms in total. The SMILES string of the molecule is NC(=O)[C@H](Cc1ccc(Cl)cc1)NC(=O)c1cccc2c1OCCC2NCc1cncn1Cc1ccc(-c2cccc(F)c2)cc1. The Morgan fingerprint density at radius 1 is 1.00 bits per heavy atom. The second-order valence-electron chi connectivity index (χ2n) is 11.3. The predicted octanol–water partition coefficient (Wildman–Crippen LogP) is 5.83. The molecule has 0 aliphatic carbocycles. The van der Waals surface area contributed by atoms with Crippen LogP contribution >= 0.6 is 11.6 Å². The maximum Gasteiger partial charge on any atom is 0.255 e. The molecule has 2 atom stereocenters. The third-order valence-electron chi connectivity index (χ3n) is 8.11. The van der Waals surface area contributed by atoms with Gasteiger partial charge in [0.25, 0.3) is 5.91 Å². The number of imidazole rings is 1. The van der Waals surface area contributed by atoms with Gasteiger partial charge in [0, 0.05) is 48.8 Å². The maximum atomic E-state index is 13.7. The molecule has 0 radical (unpaired) electrons. The van der Waals surface area contributed by atoms with Crippen molar-refractivity contribution < 1.29 is 18.7 Å². The molecular formula is C36H33ClFN5O3. The number of amides is 2. The van der Waals surface area contributed by atoms with Crippen molar-refractivity contribution in [2.75, 3.05) is 6.61 Å². The predicted molar refractivity (Wildman–Crippen MR) is 175 cm³/mol. The molecule has 1 aromatic heterocycles. The Hall–Kier alpha value is -4.99. The number of fused-ring (bicyclic) bond motifs is 1. The highest BCUT2D eigenvalue weighted by atomic mass is 35.5. The smallest absolute Gasteiger partial charge is 0.255 e. The lowest BCUT2D eigenvalue weighted by atomic mass is 9.96. The van der Waals surface area contributed by atoms with Gasteiger partial charge in [-0.05, 0) is 52.6 Å².